The predicted molar refractivity (Wildman–Crippen MR) is 82.3 cm³/mol. The van der Waals surface area contributed by atoms with Gasteiger partial charge in [0.1, 0.15) is 0 Å². The quantitative estimate of drug-likeness (QED) is 0.880. The fourth-order valence-electron chi connectivity index (χ4n) is 2.65. The molecule has 2 atom stereocenters. The Kier molecular flexibility index (Phi) is 4.29. The molecule has 2 aromatic rings. The molecule has 0 saturated heterocycles. The number of cyclic esters (lactones) is 1. The van der Waals surface area contributed by atoms with Crippen LogP contribution in [0.3, 0.4) is 0 Å². The van der Waals surface area contributed by atoms with Crippen LogP contribution in [-0.4, -0.2) is 18.0 Å². The third-order valence-electron chi connectivity index (χ3n) is 3.99. The highest BCUT2D eigenvalue weighted by Gasteiger charge is 2.31. The van der Waals surface area contributed by atoms with Crippen molar-refractivity contribution in [2.45, 2.75) is 25.5 Å². The minimum atomic E-state index is -0.980. The first kappa shape index (κ1) is 16.1. The van der Waals surface area contributed by atoms with Gasteiger partial charge in [-0.1, -0.05) is 24.3 Å². The largest absolute Gasteiger partial charge is 0.448 e. The van der Waals surface area contributed by atoms with Crippen LogP contribution in [0.2, 0.25) is 0 Å². The Morgan fingerprint density at radius 1 is 1.21 bits per heavy atom. The van der Waals surface area contributed by atoms with E-state index in [0.717, 1.165) is 17.7 Å². The Labute approximate surface area is 137 Å². The summed E-state index contributed by atoms with van der Waals surface area (Å²) in [4.78, 5) is 24.3. The summed E-state index contributed by atoms with van der Waals surface area (Å²) in [5.41, 5.74) is 1.62. The summed E-state index contributed by atoms with van der Waals surface area (Å²) < 4.78 is 31.4. The molecule has 1 N–H and O–H groups in total. The van der Waals surface area contributed by atoms with Crippen molar-refractivity contribution in [1.82, 2.24) is 5.32 Å². The van der Waals surface area contributed by atoms with Crippen LogP contribution in [0.5, 0.6) is 0 Å². The number of fused-ring (bicyclic) bond motifs is 1. The van der Waals surface area contributed by atoms with Crippen LogP contribution in [-0.2, 0) is 16.0 Å². The minimum Gasteiger partial charge on any atom is -0.448 e. The first-order chi connectivity index (χ1) is 11.5. The molecule has 0 bridgehead atoms. The second-order valence-corrected chi connectivity index (χ2v) is 5.66. The van der Waals surface area contributed by atoms with Gasteiger partial charge in [-0.05, 0) is 36.2 Å². The summed E-state index contributed by atoms with van der Waals surface area (Å²) >= 11 is 0. The summed E-state index contributed by atoms with van der Waals surface area (Å²) in [6, 6.07) is 9.81. The lowest BCUT2D eigenvalue weighted by atomic mass is 9.98. The fourth-order valence-corrected chi connectivity index (χ4v) is 2.65. The highest BCUT2D eigenvalue weighted by Crippen LogP contribution is 2.22. The van der Waals surface area contributed by atoms with Gasteiger partial charge in [0.15, 0.2) is 17.7 Å². The van der Waals surface area contributed by atoms with E-state index >= 15 is 0 Å². The van der Waals surface area contributed by atoms with Crippen LogP contribution in [0.25, 0.3) is 0 Å². The van der Waals surface area contributed by atoms with Crippen LogP contribution in [0.1, 0.15) is 34.5 Å². The van der Waals surface area contributed by atoms with Crippen LogP contribution in [0.4, 0.5) is 8.78 Å². The van der Waals surface area contributed by atoms with Gasteiger partial charge in [0, 0.05) is 6.42 Å². The van der Waals surface area contributed by atoms with Crippen molar-refractivity contribution in [3.8, 4) is 0 Å². The number of benzene rings is 2. The summed E-state index contributed by atoms with van der Waals surface area (Å²) in [6.45, 7) is 1.64. The fraction of sp³-hybridized carbons (Fsp3) is 0.222. The Bertz CT molecular complexity index is 807. The first-order valence-corrected chi connectivity index (χ1v) is 7.50. The van der Waals surface area contributed by atoms with E-state index in [1.165, 1.54) is 6.07 Å². The minimum absolute atomic E-state index is 0.276. The van der Waals surface area contributed by atoms with Crippen molar-refractivity contribution in [3.63, 3.8) is 0 Å². The lowest BCUT2D eigenvalue weighted by molar-refractivity contribution is -0.131. The predicted octanol–water partition coefficient (Wildman–Crippen LogP) is 2.92. The zero-order valence-corrected chi connectivity index (χ0v) is 12.9. The summed E-state index contributed by atoms with van der Waals surface area (Å²) in [6.07, 6.45) is -0.668. The molecule has 1 amide bonds. The molecule has 0 spiro atoms. The molecule has 1 aliphatic heterocycles. The molecule has 1 heterocycles. The van der Waals surface area contributed by atoms with Crippen LogP contribution >= 0.6 is 0 Å². The second-order valence-electron chi connectivity index (χ2n) is 5.66. The number of nitrogens with one attached hydrogen (secondary N) is 1. The number of hydrogen-bond donors (Lipinski definition) is 1. The van der Waals surface area contributed by atoms with E-state index in [1.54, 1.807) is 31.2 Å². The van der Waals surface area contributed by atoms with Crippen molar-refractivity contribution in [2.24, 2.45) is 0 Å². The molecule has 24 heavy (non-hydrogen) atoms. The monoisotopic (exact) mass is 331 g/mol. The summed E-state index contributed by atoms with van der Waals surface area (Å²) in [5, 5.41) is 2.66. The number of hydrogen-bond acceptors (Lipinski definition) is 3. The number of halogens is 2. The lowest BCUT2D eigenvalue weighted by Crippen LogP contribution is -2.42. The lowest BCUT2D eigenvalue weighted by Gasteiger charge is -2.25. The zero-order valence-electron chi connectivity index (χ0n) is 12.9. The van der Waals surface area contributed by atoms with Gasteiger partial charge in [0.25, 0.3) is 5.91 Å². The maximum Gasteiger partial charge on any atom is 0.339 e. The molecule has 3 rings (SSSR count). The molecular formula is C18H15F2NO3. The third kappa shape index (κ3) is 3.13. The molecule has 0 saturated carbocycles. The van der Waals surface area contributed by atoms with Crippen LogP contribution < -0.4 is 5.32 Å². The number of ether oxygens (including phenoxy) is 1. The van der Waals surface area contributed by atoms with Gasteiger partial charge in [-0.25, -0.2) is 13.6 Å². The van der Waals surface area contributed by atoms with Crippen LogP contribution in [0, 0.1) is 11.6 Å². The van der Waals surface area contributed by atoms with Gasteiger partial charge < -0.3 is 10.1 Å². The van der Waals surface area contributed by atoms with E-state index in [-0.39, 0.29) is 6.42 Å². The van der Waals surface area contributed by atoms with Crippen molar-refractivity contribution in [3.05, 3.63) is 70.8 Å². The zero-order chi connectivity index (χ0) is 17.3. The van der Waals surface area contributed by atoms with Gasteiger partial charge in [-0.2, -0.15) is 0 Å². The van der Waals surface area contributed by atoms with Crippen molar-refractivity contribution >= 4 is 11.9 Å². The highest BCUT2D eigenvalue weighted by atomic mass is 19.2. The van der Waals surface area contributed by atoms with Gasteiger partial charge in [0.2, 0.25) is 0 Å². The number of esters is 1. The molecule has 0 radical (unpaired) electrons. The van der Waals surface area contributed by atoms with E-state index in [1.807, 2.05) is 0 Å². The summed E-state index contributed by atoms with van der Waals surface area (Å²) in [5.74, 6) is -2.95. The van der Waals surface area contributed by atoms with Crippen LogP contribution in [0.15, 0.2) is 42.5 Å². The Morgan fingerprint density at radius 3 is 2.71 bits per heavy atom. The topological polar surface area (TPSA) is 55.4 Å². The van der Waals surface area contributed by atoms with Gasteiger partial charge in [-0.15, -0.1) is 0 Å². The smallest absolute Gasteiger partial charge is 0.339 e. The molecule has 2 aromatic carbocycles. The molecule has 0 aliphatic carbocycles. The normalized spacial score (nSPS) is 17.6. The standard InChI is InChI=1S/C18H15F2NO3/c1-10(11-6-7-14(19)15(20)8-11)21-17(22)16-9-12-4-2-3-5-13(12)18(23)24-16/h2-8,10,16H,9H2,1H3,(H,21,22). The Balaban J connectivity index is 1.71. The van der Waals surface area contributed by atoms with Gasteiger partial charge in [0.05, 0.1) is 11.6 Å². The first-order valence-electron chi connectivity index (χ1n) is 7.50. The van der Waals surface area contributed by atoms with E-state index in [0.29, 0.717) is 11.1 Å². The molecule has 0 fully saturated rings. The molecule has 0 aromatic heterocycles. The number of carbonyl (C=O) groups is 2. The molecular weight excluding hydrogens is 316 g/mol. The van der Waals surface area contributed by atoms with Crippen molar-refractivity contribution in [2.75, 3.05) is 0 Å². The molecule has 1 aliphatic rings. The Hall–Kier alpha value is -2.76. The third-order valence-corrected chi connectivity index (χ3v) is 3.99. The van der Waals surface area contributed by atoms with E-state index in [2.05, 4.69) is 5.32 Å². The van der Waals surface area contributed by atoms with Crippen molar-refractivity contribution in [1.29, 1.82) is 0 Å². The second kappa shape index (κ2) is 6.39. The number of rotatable bonds is 3. The molecule has 6 heteroatoms. The maximum atomic E-state index is 13.3. The maximum absolute atomic E-state index is 13.3. The van der Waals surface area contributed by atoms with E-state index in [4.69, 9.17) is 4.74 Å². The highest BCUT2D eigenvalue weighted by molar-refractivity contribution is 5.95. The molecule has 2 unspecified atom stereocenters. The Morgan fingerprint density at radius 2 is 1.96 bits per heavy atom. The number of carbonyl (C=O) groups excluding carboxylic acids is 2. The van der Waals surface area contributed by atoms with E-state index < -0.39 is 35.7 Å². The average Bonchev–Trinajstić information content (AvgIpc) is 2.57. The number of amides is 1. The SMILES string of the molecule is CC(NC(=O)C1Cc2ccccc2C(=O)O1)c1ccc(F)c(F)c1. The molecule has 124 valence electrons. The van der Waals surface area contributed by atoms with E-state index in [9.17, 15) is 18.4 Å². The van der Waals surface area contributed by atoms with Gasteiger partial charge >= 0.3 is 5.97 Å². The average molecular weight is 331 g/mol. The van der Waals surface area contributed by atoms with Gasteiger partial charge in [-0.3, -0.25) is 4.79 Å². The molecule has 4 nitrogen and oxygen atoms in total. The summed E-state index contributed by atoms with van der Waals surface area (Å²) in [7, 11) is 0. The van der Waals surface area contributed by atoms with Crippen molar-refractivity contribution < 1.29 is 23.1 Å².